The summed E-state index contributed by atoms with van der Waals surface area (Å²) >= 11 is 0. The van der Waals surface area contributed by atoms with Crippen molar-refractivity contribution in [3.63, 3.8) is 0 Å². The molecule has 0 aliphatic carbocycles. The van der Waals surface area contributed by atoms with Crippen LogP contribution in [0, 0.1) is 24.0 Å². The highest BCUT2D eigenvalue weighted by molar-refractivity contribution is 7.89. The summed E-state index contributed by atoms with van der Waals surface area (Å²) < 4.78 is 35.4. The van der Waals surface area contributed by atoms with E-state index in [0.717, 1.165) is 33.4 Å². The third kappa shape index (κ3) is 5.00. The van der Waals surface area contributed by atoms with Crippen LogP contribution in [0.3, 0.4) is 0 Å². The molecule has 0 saturated carbocycles. The number of nitrogens with one attached hydrogen (secondary N) is 1. The average Bonchev–Trinajstić information content (AvgIpc) is 2.88. The number of benzene rings is 4. The lowest BCUT2D eigenvalue weighted by Gasteiger charge is -2.26. The number of aryl methyl sites for hydroxylation is 2. The van der Waals surface area contributed by atoms with E-state index < -0.39 is 26.7 Å². The number of methoxy groups -OCH3 is 1. The van der Waals surface area contributed by atoms with Gasteiger partial charge in [0, 0.05) is 6.07 Å². The molecule has 0 spiro atoms. The van der Waals surface area contributed by atoms with Gasteiger partial charge in [0.15, 0.2) is 4.90 Å². The smallest absolute Gasteiger partial charge is 0.289 e. The predicted octanol–water partition coefficient (Wildman–Crippen LogP) is 5.96. The zero-order valence-corrected chi connectivity index (χ0v) is 21.0. The molecule has 0 amide bonds. The van der Waals surface area contributed by atoms with Crippen molar-refractivity contribution in [3.8, 4) is 16.9 Å². The number of nitro benzene ring substituents is 1. The van der Waals surface area contributed by atoms with Crippen molar-refractivity contribution in [1.29, 1.82) is 0 Å². The molecule has 1 N–H and O–H groups in total. The Hall–Kier alpha value is -4.01. The lowest BCUT2D eigenvalue weighted by atomic mass is 9.87. The molecule has 7 nitrogen and oxygen atoms in total. The molecule has 0 aromatic heterocycles. The van der Waals surface area contributed by atoms with Gasteiger partial charge in [-0.05, 0) is 65.4 Å². The maximum atomic E-state index is 13.6. The van der Waals surface area contributed by atoms with Gasteiger partial charge in [0.2, 0.25) is 10.0 Å². The van der Waals surface area contributed by atoms with Gasteiger partial charge in [-0.3, -0.25) is 10.1 Å². The Morgan fingerprint density at radius 3 is 2.14 bits per heavy atom. The molecule has 0 heterocycles. The summed E-state index contributed by atoms with van der Waals surface area (Å²) in [4.78, 5) is 10.5. The molecule has 0 aliphatic heterocycles. The van der Waals surface area contributed by atoms with Crippen molar-refractivity contribution in [2.75, 3.05) is 7.11 Å². The molecule has 1 unspecified atom stereocenters. The van der Waals surface area contributed by atoms with Crippen LogP contribution < -0.4 is 9.46 Å². The minimum absolute atomic E-state index is 0.381. The number of ether oxygens (including phenoxy) is 1. The van der Waals surface area contributed by atoms with Gasteiger partial charge in [0.25, 0.3) is 5.69 Å². The average molecular weight is 503 g/mol. The minimum Gasteiger partial charge on any atom is -0.497 e. The van der Waals surface area contributed by atoms with Gasteiger partial charge >= 0.3 is 0 Å². The molecule has 184 valence electrons. The van der Waals surface area contributed by atoms with Gasteiger partial charge in [-0.25, -0.2) is 8.42 Å². The minimum atomic E-state index is -4.29. The molecule has 0 saturated heterocycles. The third-order valence-electron chi connectivity index (χ3n) is 6.14. The molecule has 8 heteroatoms. The van der Waals surface area contributed by atoms with Crippen molar-refractivity contribution in [1.82, 2.24) is 4.72 Å². The number of para-hydroxylation sites is 1. The van der Waals surface area contributed by atoms with Crippen LogP contribution in [-0.2, 0) is 10.0 Å². The van der Waals surface area contributed by atoms with Crippen molar-refractivity contribution in [3.05, 3.63) is 123 Å². The normalized spacial score (nSPS) is 12.2. The molecular weight excluding hydrogens is 476 g/mol. The lowest BCUT2D eigenvalue weighted by molar-refractivity contribution is -0.387. The molecule has 0 aliphatic rings. The van der Waals surface area contributed by atoms with Crippen molar-refractivity contribution in [2.45, 2.75) is 24.8 Å². The third-order valence-corrected chi connectivity index (χ3v) is 7.61. The monoisotopic (exact) mass is 502 g/mol. The summed E-state index contributed by atoms with van der Waals surface area (Å²) in [6, 6.07) is 25.4. The second-order valence-corrected chi connectivity index (χ2v) is 10.1. The molecule has 0 radical (unpaired) electrons. The van der Waals surface area contributed by atoms with Crippen LogP contribution in [0.5, 0.6) is 5.75 Å². The van der Waals surface area contributed by atoms with Crippen LogP contribution >= 0.6 is 0 Å². The molecule has 1 atom stereocenters. The van der Waals surface area contributed by atoms with Crippen LogP contribution in [0.2, 0.25) is 0 Å². The summed E-state index contributed by atoms with van der Waals surface area (Å²) in [6.07, 6.45) is 0. The quantitative estimate of drug-likeness (QED) is 0.237. The molecule has 4 aromatic rings. The van der Waals surface area contributed by atoms with Gasteiger partial charge < -0.3 is 4.74 Å². The predicted molar refractivity (Wildman–Crippen MR) is 140 cm³/mol. The Bertz CT molecular complexity index is 1520. The molecular formula is C28H26N2O5S. The first-order valence-electron chi connectivity index (χ1n) is 11.3. The number of rotatable bonds is 8. The van der Waals surface area contributed by atoms with Gasteiger partial charge in [0.05, 0.1) is 18.1 Å². The Balaban J connectivity index is 1.93. The van der Waals surface area contributed by atoms with Crippen LogP contribution in [0.1, 0.15) is 28.3 Å². The first-order valence-corrected chi connectivity index (χ1v) is 12.8. The van der Waals surface area contributed by atoms with E-state index in [2.05, 4.69) is 4.72 Å². The number of hydrogen-bond donors (Lipinski definition) is 1. The molecule has 0 bridgehead atoms. The van der Waals surface area contributed by atoms with E-state index in [-0.39, 0.29) is 4.90 Å². The largest absolute Gasteiger partial charge is 0.497 e. The Morgan fingerprint density at radius 2 is 1.47 bits per heavy atom. The second kappa shape index (κ2) is 10.3. The van der Waals surface area contributed by atoms with Crippen LogP contribution in [0.15, 0.2) is 95.9 Å². The molecule has 4 aromatic carbocycles. The van der Waals surface area contributed by atoms with E-state index in [0.29, 0.717) is 5.75 Å². The van der Waals surface area contributed by atoms with E-state index in [1.54, 1.807) is 7.11 Å². The van der Waals surface area contributed by atoms with Gasteiger partial charge in [0.1, 0.15) is 5.75 Å². The van der Waals surface area contributed by atoms with E-state index in [4.69, 9.17) is 4.74 Å². The molecule has 4 rings (SSSR count). The standard InChI is InChI=1S/C28H26N2O5S/c1-19-9-4-5-11-23(19)28(29-36(33,34)26-14-7-6-13-25(26)30(31)32)27-20(2)10-8-12-24(27)21-15-17-22(35-3)18-16-21/h4-18,28-29H,1-3H3. The van der Waals surface area contributed by atoms with Crippen LogP contribution in [-0.4, -0.2) is 20.5 Å². The highest BCUT2D eigenvalue weighted by atomic mass is 32.2. The van der Waals surface area contributed by atoms with Crippen molar-refractivity contribution < 1.29 is 18.1 Å². The van der Waals surface area contributed by atoms with Crippen LogP contribution in [0.4, 0.5) is 5.69 Å². The van der Waals surface area contributed by atoms with Crippen LogP contribution in [0.25, 0.3) is 11.1 Å². The fourth-order valence-electron chi connectivity index (χ4n) is 4.33. The zero-order chi connectivity index (χ0) is 25.9. The lowest BCUT2D eigenvalue weighted by Crippen LogP contribution is -2.31. The van der Waals surface area contributed by atoms with E-state index in [1.165, 1.54) is 24.3 Å². The topological polar surface area (TPSA) is 98.5 Å². The SMILES string of the molecule is COc1ccc(-c2cccc(C)c2C(NS(=O)(=O)c2ccccc2[N+](=O)[O-])c2ccccc2C)cc1. The Kier molecular flexibility index (Phi) is 7.19. The van der Waals surface area contributed by atoms with Crippen molar-refractivity contribution in [2.24, 2.45) is 0 Å². The molecule has 0 fully saturated rings. The summed E-state index contributed by atoms with van der Waals surface area (Å²) in [5.41, 5.74) is 4.53. The highest BCUT2D eigenvalue weighted by Gasteiger charge is 2.31. The summed E-state index contributed by atoms with van der Waals surface area (Å²) in [6.45, 7) is 3.83. The van der Waals surface area contributed by atoms with E-state index in [9.17, 15) is 18.5 Å². The summed E-state index contributed by atoms with van der Waals surface area (Å²) in [5.74, 6) is 0.709. The van der Waals surface area contributed by atoms with Gasteiger partial charge in [-0.2, -0.15) is 4.72 Å². The molecule has 36 heavy (non-hydrogen) atoms. The fraction of sp³-hybridized carbons (Fsp3) is 0.143. The van der Waals surface area contributed by atoms with Crippen molar-refractivity contribution >= 4 is 15.7 Å². The number of nitro groups is 1. The first kappa shape index (κ1) is 25.1. The maximum Gasteiger partial charge on any atom is 0.289 e. The highest BCUT2D eigenvalue weighted by Crippen LogP contribution is 2.37. The summed E-state index contributed by atoms with van der Waals surface area (Å²) in [5, 5.41) is 11.6. The maximum absolute atomic E-state index is 13.6. The number of sulfonamides is 1. The fourth-order valence-corrected chi connectivity index (χ4v) is 5.69. The number of hydrogen-bond acceptors (Lipinski definition) is 5. The first-order chi connectivity index (χ1) is 17.2. The Morgan fingerprint density at radius 1 is 0.833 bits per heavy atom. The number of nitrogens with zero attached hydrogens (tertiary/aromatic N) is 1. The zero-order valence-electron chi connectivity index (χ0n) is 20.1. The van der Waals surface area contributed by atoms with E-state index >= 15 is 0 Å². The van der Waals surface area contributed by atoms with Gasteiger partial charge in [-0.1, -0.05) is 66.7 Å². The Labute approximate surface area is 210 Å². The second-order valence-electron chi connectivity index (χ2n) is 8.40. The van der Waals surface area contributed by atoms with Gasteiger partial charge in [-0.15, -0.1) is 0 Å². The summed E-state index contributed by atoms with van der Waals surface area (Å²) in [7, 11) is -2.69. The van der Waals surface area contributed by atoms with E-state index in [1.807, 2.05) is 80.6 Å².